The fourth-order valence-electron chi connectivity index (χ4n) is 2.63. The van der Waals surface area contributed by atoms with Gasteiger partial charge in [-0.25, -0.2) is 13.5 Å². The summed E-state index contributed by atoms with van der Waals surface area (Å²) in [6.07, 6.45) is 3.33. The van der Waals surface area contributed by atoms with E-state index in [4.69, 9.17) is 5.26 Å². The molecule has 2 aromatic carbocycles. The number of hydrogen-bond donors (Lipinski definition) is 1. The SMILES string of the molecule is CC(=Cc1ccc(C#N)cc1)c1cn(C(C)(O)c2ccc(F)cc2F)nn1. The quantitative estimate of drug-likeness (QED) is 0.764. The zero-order chi connectivity index (χ0) is 19.6. The van der Waals surface area contributed by atoms with Crippen LogP contribution in [0.5, 0.6) is 0 Å². The largest absolute Gasteiger partial charge is 0.365 e. The maximum atomic E-state index is 14.1. The fourth-order valence-corrected chi connectivity index (χ4v) is 2.63. The van der Waals surface area contributed by atoms with E-state index in [9.17, 15) is 13.9 Å². The topological polar surface area (TPSA) is 74.7 Å². The Hall–Kier alpha value is -3.37. The molecule has 1 aromatic heterocycles. The summed E-state index contributed by atoms with van der Waals surface area (Å²) >= 11 is 0. The Bertz CT molecular complexity index is 1050. The molecule has 0 aliphatic heterocycles. The maximum Gasteiger partial charge on any atom is 0.185 e. The molecule has 0 saturated carbocycles. The first-order valence-corrected chi connectivity index (χ1v) is 8.11. The number of nitriles is 1. The maximum absolute atomic E-state index is 14.1. The van der Waals surface area contributed by atoms with Crippen molar-refractivity contribution in [1.29, 1.82) is 5.26 Å². The van der Waals surface area contributed by atoms with Crippen LogP contribution in [-0.4, -0.2) is 20.1 Å². The lowest BCUT2D eigenvalue weighted by Crippen LogP contribution is -2.32. The number of halogens is 2. The molecule has 5 nitrogen and oxygen atoms in total. The van der Waals surface area contributed by atoms with E-state index in [1.165, 1.54) is 19.2 Å². The highest BCUT2D eigenvalue weighted by Crippen LogP contribution is 2.26. The molecule has 3 rings (SSSR count). The molecule has 27 heavy (non-hydrogen) atoms. The third kappa shape index (κ3) is 3.76. The number of aromatic nitrogens is 3. The molecule has 0 spiro atoms. The van der Waals surface area contributed by atoms with E-state index < -0.39 is 17.4 Å². The van der Waals surface area contributed by atoms with Gasteiger partial charge in [-0.3, -0.25) is 0 Å². The summed E-state index contributed by atoms with van der Waals surface area (Å²) in [7, 11) is 0. The van der Waals surface area contributed by atoms with Crippen LogP contribution in [0.4, 0.5) is 8.78 Å². The minimum atomic E-state index is -1.84. The minimum absolute atomic E-state index is 0.117. The van der Waals surface area contributed by atoms with Crippen LogP contribution >= 0.6 is 0 Å². The summed E-state index contributed by atoms with van der Waals surface area (Å²) in [4.78, 5) is 0. The Balaban J connectivity index is 1.90. The standard InChI is InChI=1S/C20H16F2N4O/c1-13(9-14-3-5-15(11-23)6-4-14)19-12-26(25-24-19)20(2,27)17-8-7-16(21)10-18(17)22/h3-10,12,27H,1-2H3. The van der Waals surface area contributed by atoms with Crippen molar-refractivity contribution in [2.24, 2.45) is 0 Å². The van der Waals surface area contributed by atoms with Crippen LogP contribution in [0, 0.1) is 23.0 Å². The molecule has 0 radical (unpaired) electrons. The van der Waals surface area contributed by atoms with Gasteiger partial charge >= 0.3 is 0 Å². The molecule has 1 heterocycles. The van der Waals surface area contributed by atoms with Gasteiger partial charge < -0.3 is 5.11 Å². The normalized spacial score (nSPS) is 13.9. The number of aliphatic hydroxyl groups is 1. The summed E-state index contributed by atoms with van der Waals surface area (Å²) in [6.45, 7) is 3.17. The van der Waals surface area contributed by atoms with Crippen LogP contribution in [-0.2, 0) is 5.72 Å². The fraction of sp³-hybridized carbons (Fsp3) is 0.150. The lowest BCUT2D eigenvalue weighted by Gasteiger charge is -2.24. The van der Waals surface area contributed by atoms with Crippen molar-refractivity contribution in [3.8, 4) is 6.07 Å². The molecule has 1 N–H and O–H groups in total. The van der Waals surface area contributed by atoms with Gasteiger partial charge in [0.05, 0.1) is 17.8 Å². The summed E-state index contributed by atoms with van der Waals surface area (Å²) < 4.78 is 28.3. The zero-order valence-corrected chi connectivity index (χ0v) is 14.7. The van der Waals surface area contributed by atoms with Gasteiger partial charge in [-0.05, 0) is 55.3 Å². The van der Waals surface area contributed by atoms with E-state index in [-0.39, 0.29) is 5.56 Å². The third-order valence-electron chi connectivity index (χ3n) is 4.21. The highest BCUT2D eigenvalue weighted by molar-refractivity contribution is 5.78. The summed E-state index contributed by atoms with van der Waals surface area (Å²) in [6, 6.07) is 12.0. The van der Waals surface area contributed by atoms with Gasteiger partial charge in [0.15, 0.2) is 5.72 Å². The second kappa shape index (κ2) is 7.09. The monoisotopic (exact) mass is 366 g/mol. The Morgan fingerprint density at radius 1 is 1.22 bits per heavy atom. The van der Waals surface area contributed by atoms with Crippen LogP contribution in [0.15, 0.2) is 48.7 Å². The lowest BCUT2D eigenvalue weighted by atomic mass is 10.0. The van der Waals surface area contributed by atoms with Gasteiger partial charge in [-0.15, -0.1) is 5.10 Å². The molecule has 7 heteroatoms. The molecular weight excluding hydrogens is 350 g/mol. The first-order valence-electron chi connectivity index (χ1n) is 8.11. The third-order valence-corrected chi connectivity index (χ3v) is 4.21. The average Bonchev–Trinajstić information content (AvgIpc) is 3.13. The highest BCUT2D eigenvalue weighted by Gasteiger charge is 2.30. The average molecular weight is 366 g/mol. The summed E-state index contributed by atoms with van der Waals surface area (Å²) in [5.74, 6) is -1.60. The van der Waals surface area contributed by atoms with E-state index in [0.717, 1.165) is 21.9 Å². The van der Waals surface area contributed by atoms with E-state index in [0.29, 0.717) is 17.3 Å². The van der Waals surface area contributed by atoms with Gasteiger partial charge in [-0.1, -0.05) is 17.3 Å². The van der Waals surface area contributed by atoms with Crippen molar-refractivity contribution in [3.63, 3.8) is 0 Å². The van der Waals surface area contributed by atoms with Gasteiger partial charge in [0.1, 0.15) is 17.3 Å². The predicted octanol–water partition coefficient (Wildman–Crippen LogP) is 3.70. The molecule has 0 fully saturated rings. The number of rotatable bonds is 4. The Kier molecular flexibility index (Phi) is 4.84. The van der Waals surface area contributed by atoms with Gasteiger partial charge in [0.25, 0.3) is 0 Å². The molecule has 3 aromatic rings. The molecule has 0 saturated heterocycles. The second-order valence-electron chi connectivity index (χ2n) is 6.25. The van der Waals surface area contributed by atoms with Crippen LogP contribution in [0.1, 0.15) is 36.2 Å². The molecule has 0 bridgehead atoms. The summed E-state index contributed by atoms with van der Waals surface area (Å²) in [5.41, 5.74) is 0.737. The smallest absolute Gasteiger partial charge is 0.185 e. The number of hydrogen-bond acceptors (Lipinski definition) is 4. The van der Waals surface area contributed by atoms with Gasteiger partial charge in [-0.2, -0.15) is 5.26 Å². The molecule has 1 unspecified atom stereocenters. The number of benzene rings is 2. The molecule has 1 atom stereocenters. The van der Waals surface area contributed by atoms with E-state index in [1.54, 1.807) is 24.3 Å². The predicted molar refractivity (Wildman–Crippen MR) is 96.1 cm³/mol. The van der Waals surface area contributed by atoms with Gasteiger partial charge in [0.2, 0.25) is 0 Å². The van der Waals surface area contributed by atoms with E-state index in [2.05, 4.69) is 16.4 Å². The van der Waals surface area contributed by atoms with Crippen molar-refractivity contribution in [1.82, 2.24) is 15.0 Å². The van der Waals surface area contributed by atoms with E-state index in [1.807, 2.05) is 13.0 Å². The zero-order valence-electron chi connectivity index (χ0n) is 14.7. The minimum Gasteiger partial charge on any atom is -0.365 e. The van der Waals surface area contributed by atoms with Crippen molar-refractivity contribution >= 4 is 11.6 Å². The number of nitrogens with zero attached hydrogens (tertiary/aromatic N) is 4. The van der Waals surface area contributed by atoms with Crippen molar-refractivity contribution in [2.45, 2.75) is 19.6 Å². The number of allylic oxidation sites excluding steroid dienone is 1. The van der Waals surface area contributed by atoms with Crippen LogP contribution in [0.25, 0.3) is 11.6 Å². The molecular formula is C20H16F2N4O. The van der Waals surface area contributed by atoms with Crippen molar-refractivity contribution < 1.29 is 13.9 Å². The van der Waals surface area contributed by atoms with Crippen LogP contribution in [0.3, 0.4) is 0 Å². The van der Waals surface area contributed by atoms with Gasteiger partial charge in [0, 0.05) is 11.6 Å². The molecule has 0 aliphatic rings. The van der Waals surface area contributed by atoms with Crippen LogP contribution < -0.4 is 0 Å². The second-order valence-corrected chi connectivity index (χ2v) is 6.25. The van der Waals surface area contributed by atoms with Crippen LogP contribution in [0.2, 0.25) is 0 Å². The Morgan fingerprint density at radius 2 is 1.93 bits per heavy atom. The Labute approximate surface area is 154 Å². The molecule has 136 valence electrons. The summed E-state index contributed by atoms with van der Waals surface area (Å²) in [5, 5.41) is 27.5. The first kappa shape index (κ1) is 18.4. The van der Waals surface area contributed by atoms with E-state index >= 15 is 0 Å². The van der Waals surface area contributed by atoms with Crippen molar-refractivity contribution in [3.05, 3.63) is 82.7 Å². The highest BCUT2D eigenvalue weighted by atomic mass is 19.1. The van der Waals surface area contributed by atoms with Crippen molar-refractivity contribution in [2.75, 3.05) is 0 Å². The first-order chi connectivity index (χ1) is 12.8. The molecule has 0 aliphatic carbocycles. The molecule has 0 amide bonds. The Morgan fingerprint density at radius 3 is 2.56 bits per heavy atom. The lowest BCUT2D eigenvalue weighted by molar-refractivity contribution is 0.00768.